The monoisotopic (exact) mass is 197 g/mol. The van der Waals surface area contributed by atoms with Gasteiger partial charge in [-0.25, -0.2) is 9.67 Å². The second-order valence-corrected chi connectivity index (χ2v) is 4.71. The van der Waals surface area contributed by atoms with Gasteiger partial charge in [-0.15, -0.1) is 0 Å². The number of hydrogen-bond acceptors (Lipinski definition) is 3. The average Bonchev–Trinajstić information content (AvgIpc) is 2.51. The Morgan fingerprint density at radius 1 is 1.50 bits per heavy atom. The molecule has 0 atom stereocenters. The second kappa shape index (κ2) is 4.09. The van der Waals surface area contributed by atoms with Gasteiger partial charge in [0.15, 0.2) is 0 Å². The Hall–Kier alpha value is -0.900. The molecule has 0 radical (unpaired) electrons. The summed E-state index contributed by atoms with van der Waals surface area (Å²) >= 11 is 0. The van der Waals surface area contributed by atoms with Crippen molar-refractivity contribution in [2.45, 2.75) is 40.2 Å². The summed E-state index contributed by atoms with van der Waals surface area (Å²) < 4.78 is 1.90. The molecule has 4 heteroatoms. The molecule has 0 aliphatic rings. The Morgan fingerprint density at radius 3 is 2.64 bits per heavy atom. The lowest BCUT2D eigenvalue weighted by molar-refractivity contribution is 0.155. The predicted molar refractivity (Wildman–Crippen MR) is 55.0 cm³/mol. The molecular weight excluding hydrogens is 178 g/mol. The number of nitrogens with zero attached hydrogens (tertiary/aromatic N) is 3. The first-order chi connectivity index (χ1) is 6.46. The van der Waals surface area contributed by atoms with Gasteiger partial charge in [-0.05, 0) is 19.3 Å². The Kier molecular flexibility index (Phi) is 3.26. The van der Waals surface area contributed by atoms with Crippen LogP contribution in [-0.2, 0) is 6.42 Å². The highest BCUT2D eigenvalue weighted by atomic mass is 16.3. The van der Waals surface area contributed by atoms with E-state index in [9.17, 15) is 0 Å². The van der Waals surface area contributed by atoms with Crippen LogP contribution in [0.25, 0.3) is 0 Å². The normalized spacial score (nSPS) is 12.4. The molecule has 4 nitrogen and oxygen atoms in total. The maximum Gasteiger partial charge on any atom is 0.138 e. The minimum absolute atomic E-state index is 0.125. The van der Waals surface area contributed by atoms with Crippen LogP contribution in [0.3, 0.4) is 0 Å². The summed E-state index contributed by atoms with van der Waals surface area (Å²) in [5.41, 5.74) is -0.125. The maximum absolute atomic E-state index is 9.16. The van der Waals surface area contributed by atoms with Gasteiger partial charge in [-0.2, -0.15) is 5.10 Å². The highest BCUT2D eigenvalue weighted by Crippen LogP contribution is 2.20. The molecule has 1 aromatic rings. The first-order valence-corrected chi connectivity index (χ1v) is 4.95. The third-order valence-corrected chi connectivity index (χ3v) is 2.20. The Bertz CT molecular complexity index is 291. The van der Waals surface area contributed by atoms with Gasteiger partial charge in [0.05, 0.1) is 0 Å². The fourth-order valence-electron chi connectivity index (χ4n) is 1.32. The van der Waals surface area contributed by atoms with E-state index in [-0.39, 0.29) is 12.0 Å². The van der Waals surface area contributed by atoms with E-state index in [1.165, 1.54) is 0 Å². The molecule has 0 amide bonds. The van der Waals surface area contributed by atoms with Crippen molar-refractivity contribution in [1.82, 2.24) is 14.8 Å². The zero-order valence-electron chi connectivity index (χ0n) is 9.36. The predicted octanol–water partition coefficient (Wildman–Crippen LogP) is 1.42. The van der Waals surface area contributed by atoms with Crippen LogP contribution in [0.15, 0.2) is 6.33 Å². The first kappa shape index (κ1) is 11.2. The summed E-state index contributed by atoms with van der Waals surface area (Å²) in [5, 5.41) is 13.3. The van der Waals surface area contributed by atoms with Crippen molar-refractivity contribution in [2.75, 3.05) is 6.61 Å². The molecule has 0 aromatic carbocycles. The number of hydrogen-bond donors (Lipinski definition) is 1. The molecule has 0 saturated carbocycles. The van der Waals surface area contributed by atoms with Crippen LogP contribution >= 0.6 is 0 Å². The molecule has 0 unspecified atom stereocenters. The second-order valence-electron chi connectivity index (χ2n) is 4.71. The molecular formula is C10H19N3O. The van der Waals surface area contributed by atoms with Crippen molar-refractivity contribution in [3.05, 3.63) is 12.2 Å². The van der Waals surface area contributed by atoms with E-state index < -0.39 is 0 Å². The van der Waals surface area contributed by atoms with Gasteiger partial charge in [0, 0.05) is 19.1 Å². The van der Waals surface area contributed by atoms with Gasteiger partial charge in [0.1, 0.15) is 12.2 Å². The highest BCUT2D eigenvalue weighted by molar-refractivity contribution is 4.91. The van der Waals surface area contributed by atoms with Crippen molar-refractivity contribution < 1.29 is 5.11 Å². The molecule has 0 aliphatic carbocycles. The molecule has 1 heterocycles. The van der Waals surface area contributed by atoms with E-state index >= 15 is 0 Å². The van der Waals surface area contributed by atoms with Gasteiger partial charge >= 0.3 is 0 Å². The molecule has 1 N–H and O–H groups in total. The van der Waals surface area contributed by atoms with Crippen molar-refractivity contribution in [3.8, 4) is 0 Å². The van der Waals surface area contributed by atoms with Gasteiger partial charge in [-0.3, -0.25) is 0 Å². The summed E-state index contributed by atoms with van der Waals surface area (Å²) in [6, 6.07) is 0.321. The summed E-state index contributed by atoms with van der Waals surface area (Å²) in [7, 11) is 0. The van der Waals surface area contributed by atoms with E-state index in [0.29, 0.717) is 6.04 Å². The lowest BCUT2D eigenvalue weighted by Crippen LogP contribution is -2.23. The standard InChI is InChI=1S/C10H19N3O/c1-8(2)13-9(11-7-12-13)5-10(3,4)6-14/h7-8,14H,5-6H2,1-4H3. The Labute approximate surface area is 85.0 Å². The first-order valence-electron chi connectivity index (χ1n) is 4.95. The van der Waals surface area contributed by atoms with Crippen LogP contribution in [-0.4, -0.2) is 26.5 Å². The lowest BCUT2D eigenvalue weighted by atomic mass is 9.90. The van der Waals surface area contributed by atoms with Crippen molar-refractivity contribution in [1.29, 1.82) is 0 Å². The summed E-state index contributed by atoms with van der Waals surface area (Å²) in [6.45, 7) is 8.35. The number of aliphatic hydroxyl groups excluding tert-OH is 1. The van der Waals surface area contributed by atoms with Crippen molar-refractivity contribution in [3.63, 3.8) is 0 Å². The SMILES string of the molecule is CC(C)n1ncnc1CC(C)(C)CO. The van der Waals surface area contributed by atoms with Crippen LogP contribution in [0.4, 0.5) is 0 Å². The third-order valence-electron chi connectivity index (χ3n) is 2.20. The zero-order chi connectivity index (χ0) is 10.8. The molecule has 0 spiro atoms. The fourth-order valence-corrected chi connectivity index (χ4v) is 1.32. The molecule has 0 saturated heterocycles. The Morgan fingerprint density at radius 2 is 2.14 bits per heavy atom. The van der Waals surface area contributed by atoms with Crippen LogP contribution < -0.4 is 0 Å². The minimum Gasteiger partial charge on any atom is -0.396 e. The van der Waals surface area contributed by atoms with E-state index in [0.717, 1.165) is 12.2 Å². The van der Waals surface area contributed by atoms with Crippen molar-refractivity contribution in [2.24, 2.45) is 5.41 Å². The average molecular weight is 197 g/mol. The number of rotatable bonds is 4. The van der Waals surface area contributed by atoms with Crippen LogP contribution in [0.5, 0.6) is 0 Å². The third kappa shape index (κ3) is 2.54. The lowest BCUT2D eigenvalue weighted by Gasteiger charge is -2.21. The van der Waals surface area contributed by atoms with Gasteiger partial charge in [-0.1, -0.05) is 13.8 Å². The fraction of sp³-hybridized carbons (Fsp3) is 0.800. The van der Waals surface area contributed by atoms with Gasteiger partial charge in [0.25, 0.3) is 0 Å². The summed E-state index contributed by atoms with van der Waals surface area (Å²) in [4.78, 5) is 4.21. The topological polar surface area (TPSA) is 50.9 Å². The molecule has 1 rings (SSSR count). The maximum atomic E-state index is 9.16. The van der Waals surface area contributed by atoms with Gasteiger partial charge in [0.2, 0.25) is 0 Å². The molecule has 0 aliphatic heterocycles. The quantitative estimate of drug-likeness (QED) is 0.794. The summed E-state index contributed by atoms with van der Waals surface area (Å²) in [5.74, 6) is 0.944. The number of aromatic nitrogens is 3. The van der Waals surface area contributed by atoms with E-state index in [1.54, 1.807) is 6.33 Å². The number of aliphatic hydroxyl groups is 1. The zero-order valence-corrected chi connectivity index (χ0v) is 9.36. The smallest absolute Gasteiger partial charge is 0.138 e. The van der Waals surface area contributed by atoms with E-state index in [4.69, 9.17) is 5.11 Å². The molecule has 1 aromatic heterocycles. The molecule has 80 valence electrons. The van der Waals surface area contributed by atoms with Crippen LogP contribution in [0.2, 0.25) is 0 Å². The largest absolute Gasteiger partial charge is 0.396 e. The van der Waals surface area contributed by atoms with E-state index in [1.807, 2.05) is 18.5 Å². The summed E-state index contributed by atoms with van der Waals surface area (Å²) in [6.07, 6.45) is 2.32. The molecule has 0 bridgehead atoms. The van der Waals surface area contributed by atoms with Crippen molar-refractivity contribution >= 4 is 0 Å². The molecule has 0 fully saturated rings. The van der Waals surface area contributed by atoms with Crippen LogP contribution in [0, 0.1) is 5.41 Å². The molecule has 14 heavy (non-hydrogen) atoms. The van der Waals surface area contributed by atoms with E-state index in [2.05, 4.69) is 23.9 Å². The highest BCUT2D eigenvalue weighted by Gasteiger charge is 2.21. The van der Waals surface area contributed by atoms with Crippen LogP contribution in [0.1, 0.15) is 39.6 Å². The van der Waals surface area contributed by atoms with Gasteiger partial charge < -0.3 is 5.11 Å². The Balaban J connectivity index is 2.81. The minimum atomic E-state index is -0.125.